The molecule has 0 heterocycles. The van der Waals surface area contributed by atoms with Crippen LogP contribution < -0.4 is 0 Å². The van der Waals surface area contributed by atoms with E-state index in [-0.39, 0.29) is 0 Å². The predicted molar refractivity (Wildman–Crippen MR) is 143 cm³/mol. The average molecular weight is 445 g/mol. The molecule has 1 fully saturated rings. The minimum Gasteiger partial charge on any atom is -0.294 e. The van der Waals surface area contributed by atoms with Crippen molar-refractivity contribution in [3.8, 4) is 6.07 Å². The number of hydrogen-bond donors (Lipinski definition) is 0. The van der Waals surface area contributed by atoms with Gasteiger partial charge in [-0.15, -0.1) is 0 Å². The standard InChI is InChI=1S/C31H44N2/c1-10-24(5)33(28(9)29-13-15-30(16-14-29)31-17-18-31)20-23(4)26(7)27(8)25(6)22(3)12-11-21(2)19-32/h11-16,23-24,26,28,31H,6,8,10,17-18,20H2,1-5,7,9H3/b21-11+,22-12-/t23-,24+,26?,28?/m0/s1. The average Bonchev–Trinajstić information content (AvgIpc) is 3.68. The highest BCUT2D eigenvalue weighted by molar-refractivity contribution is 5.45. The Balaban J connectivity index is 2.11. The second-order valence-corrected chi connectivity index (χ2v) is 10.2. The van der Waals surface area contributed by atoms with Crippen LogP contribution in [0.1, 0.15) is 90.8 Å². The molecule has 33 heavy (non-hydrogen) atoms. The van der Waals surface area contributed by atoms with Crippen molar-refractivity contribution in [3.05, 3.63) is 83.0 Å². The van der Waals surface area contributed by atoms with Gasteiger partial charge in [-0.25, -0.2) is 0 Å². The summed E-state index contributed by atoms with van der Waals surface area (Å²) in [6.07, 6.45) is 7.65. The van der Waals surface area contributed by atoms with Gasteiger partial charge in [0.2, 0.25) is 0 Å². The zero-order chi connectivity index (χ0) is 24.7. The van der Waals surface area contributed by atoms with Gasteiger partial charge in [0.25, 0.3) is 0 Å². The number of nitriles is 1. The number of rotatable bonds is 12. The molecular weight excluding hydrogens is 400 g/mol. The first kappa shape index (κ1) is 26.9. The summed E-state index contributed by atoms with van der Waals surface area (Å²) in [4.78, 5) is 2.66. The number of benzene rings is 1. The quantitative estimate of drug-likeness (QED) is 0.238. The smallest absolute Gasteiger partial charge is 0.0944 e. The minimum atomic E-state index is 0.317. The van der Waals surface area contributed by atoms with Gasteiger partial charge in [-0.05, 0) is 98.6 Å². The van der Waals surface area contributed by atoms with Gasteiger partial charge >= 0.3 is 0 Å². The Labute approximate surface area is 203 Å². The molecule has 4 atom stereocenters. The normalized spacial score (nSPS) is 18.4. The molecule has 0 aromatic heterocycles. The van der Waals surface area contributed by atoms with E-state index in [0.29, 0.717) is 29.5 Å². The molecule has 0 saturated heterocycles. The lowest BCUT2D eigenvalue weighted by Crippen LogP contribution is -2.39. The van der Waals surface area contributed by atoms with E-state index in [1.807, 2.05) is 26.0 Å². The highest BCUT2D eigenvalue weighted by Crippen LogP contribution is 2.40. The van der Waals surface area contributed by atoms with Crippen molar-refractivity contribution in [3.63, 3.8) is 0 Å². The largest absolute Gasteiger partial charge is 0.294 e. The van der Waals surface area contributed by atoms with Gasteiger partial charge in [0.1, 0.15) is 0 Å². The Bertz CT molecular complexity index is 921. The zero-order valence-corrected chi connectivity index (χ0v) is 22.0. The lowest BCUT2D eigenvalue weighted by Gasteiger charge is -2.38. The summed E-state index contributed by atoms with van der Waals surface area (Å²) in [6, 6.07) is 12.4. The summed E-state index contributed by atoms with van der Waals surface area (Å²) in [5, 5.41) is 8.98. The van der Waals surface area contributed by atoms with Crippen LogP contribution in [0.4, 0.5) is 0 Å². The molecule has 0 aliphatic heterocycles. The van der Waals surface area contributed by atoms with E-state index in [1.54, 1.807) is 0 Å². The Kier molecular flexibility index (Phi) is 9.93. The van der Waals surface area contributed by atoms with E-state index in [0.717, 1.165) is 35.6 Å². The molecule has 2 rings (SSSR count). The maximum atomic E-state index is 8.98. The summed E-state index contributed by atoms with van der Waals surface area (Å²) in [7, 11) is 0. The van der Waals surface area contributed by atoms with Crippen LogP contribution in [0.15, 0.2) is 71.9 Å². The van der Waals surface area contributed by atoms with E-state index < -0.39 is 0 Å². The van der Waals surface area contributed by atoms with E-state index in [1.165, 1.54) is 24.0 Å². The molecule has 1 saturated carbocycles. The molecule has 0 spiro atoms. The van der Waals surface area contributed by atoms with Crippen molar-refractivity contribution in [1.29, 1.82) is 5.26 Å². The minimum absolute atomic E-state index is 0.317. The van der Waals surface area contributed by atoms with Crippen LogP contribution in [0.2, 0.25) is 0 Å². The fraction of sp³-hybridized carbons (Fsp3) is 0.516. The van der Waals surface area contributed by atoms with Gasteiger partial charge in [0.05, 0.1) is 6.07 Å². The van der Waals surface area contributed by atoms with Gasteiger partial charge in [-0.1, -0.05) is 64.3 Å². The van der Waals surface area contributed by atoms with E-state index >= 15 is 0 Å². The lowest BCUT2D eigenvalue weighted by molar-refractivity contribution is 0.118. The fourth-order valence-corrected chi connectivity index (χ4v) is 4.36. The number of allylic oxidation sites excluding steroid dienone is 6. The van der Waals surface area contributed by atoms with Crippen LogP contribution in [-0.4, -0.2) is 17.5 Å². The highest BCUT2D eigenvalue weighted by Gasteiger charge is 2.27. The topological polar surface area (TPSA) is 27.0 Å². The summed E-state index contributed by atoms with van der Waals surface area (Å²) in [5.41, 5.74) is 6.73. The maximum Gasteiger partial charge on any atom is 0.0944 e. The molecule has 2 heteroatoms. The molecule has 0 radical (unpaired) electrons. The van der Waals surface area contributed by atoms with Gasteiger partial charge < -0.3 is 0 Å². The van der Waals surface area contributed by atoms with Crippen LogP contribution in [-0.2, 0) is 0 Å². The monoisotopic (exact) mass is 444 g/mol. The maximum absolute atomic E-state index is 8.98. The summed E-state index contributed by atoms with van der Waals surface area (Å²) < 4.78 is 0. The molecule has 0 amide bonds. The van der Waals surface area contributed by atoms with E-state index in [4.69, 9.17) is 5.26 Å². The van der Waals surface area contributed by atoms with Crippen molar-refractivity contribution < 1.29 is 0 Å². The molecule has 2 nitrogen and oxygen atoms in total. The third-order valence-electron chi connectivity index (χ3n) is 7.65. The highest BCUT2D eigenvalue weighted by atomic mass is 15.2. The van der Waals surface area contributed by atoms with Gasteiger partial charge in [-0.2, -0.15) is 5.26 Å². The molecule has 2 unspecified atom stereocenters. The molecule has 1 aliphatic carbocycles. The van der Waals surface area contributed by atoms with Crippen LogP contribution in [0.3, 0.4) is 0 Å². The Morgan fingerprint density at radius 2 is 1.70 bits per heavy atom. The van der Waals surface area contributed by atoms with Crippen LogP contribution in [0.25, 0.3) is 0 Å². The Morgan fingerprint density at radius 3 is 2.21 bits per heavy atom. The van der Waals surface area contributed by atoms with Crippen molar-refractivity contribution in [2.24, 2.45) is 11.8 Å². The summed E-state index contributed by atoms with van der Waals surface area (Å²) in [5.74, 6) is 1.57. The summed E-state index contributed by atoms with van der Waals surface area (Å²) >= 11 is 0. The fourth-order valence-electron chi connectivity index (χ4n) is 4.36. The third-order valence-corrected chi connectivity index (χ3v) is 7.65. The second-order valence-electron chi connectivity index (χ2n) is 10.2. The van der Waals surface area contributed by atoms with Crippen molar-refractivity contribution >= 4 is 0 Å². The molecule has 0 bridgehead atoms. The second kappa shape index (κ2) is 12.2. The molecule has 0 N–H and O–H groups in total. The van der Waals surface area contributed by atoms with Crippen molar-refractivity contribution in [1.82, 2.24) is 4.90 Å². The molecular formula is C31H44N2. The molecule has 1 aromatic rings. The van der Waals surface area contributed by atoms with Crippen LogP contribution >= 0.6 is 0 Å². The Hall–Kier alpha value is -2.37. The molecule has 178 valence electrons. The SMILES string of the molecule is C=C(C(=C)C(C)[C@@H](C)CN(C(C)c1ccc(C2CC2)cc1)[C@H](C)CC)/C(C)=C\C=C(/C)C#N. The summed E-state index contributed by atoms with van der Waals surface area (Å²) in [6.45, 7) is 25.2. The van der Waals surface area contributed by atoms with E-state index in [2.05, 4.69) is 83.0 Å². The first-order valence-electron chi connectivity index (χ1n) is 12.6. The Morgan fingerprint density at radius 1 is 1.09 bits per heavy atom. The van der Waals surface area contributed by atoms with E-state index in [9.17, 15) is 0 Å². The van der Waals surface area contributed by atoms with Gasteiger partial charge in [0, 0.05) is 24.2 Å². The lowest BCUT2D eigenvalue weighted by atomic mass is 9.83. The van der Waals surface area contributed by atoms with Gasteiger partial charge in [0.15, 0.2) is 0 Å². The first-order chi connectivity index (χ1) is 15.6. The van der Waals surface area contributed by atoms with Crippen LogP contribution in [0, 0.1) is 23.2 Å². The van der Waals surface area contributed by atoms with Crippen molar-refractivity contribution in [2.45, 2.75) is 85.7 Å². The number of nitrogens with zero attached hydrogens (tertiary/aromatic N) is 2. The van der Waals surface area contributed by atoms with Crippen molar-refractivity contribution in [2.75, 3.05) is 6.54 Å². The number of hydrogen-bond acceptors (Lipinski definition) is 2. The zero-order valence-electron chi connectivity index (χ0n) is 22.0. The predicted octanol–water partition coefficient (Wildman–Crippen LogP) is 8.53. The first-order valence-corrected chi connectivity index (χ1v) is 12.6. The van der Waals surface area contributed by atoms with Crippen LogP contribution in [0.5, 0.6) is 0 Å². The molecule has 1 aliphatic rings. The molecule has 1 aromatic carbocycles. The third kappa shape index (κ3) is 7.31. The van der Waals surface area contributed by atoms with Gasteiger partial charge in [-0.3, -0.25) is 4.90 Å².